The topological polar surface area (TPSA) is 61.4 Å². The van der Waals surface area contributed by atoms with Gasteiger partial charge in [0, 0.05) is 13.1 Å². The van der Waals surface area contributed by atoms with E-state index < -0.39 is 5.60 Å². The van der Waals surface area contributed by atoms with Crippen LogP contribution in [-0.4, -0.2) is 36.2 Å². The molecule has 0 spiro atoms. The second-order valence-corrected chi connectivity index (χ2v) is 5.53. The van der Waals surface area contributed by atoms with Gasteiger partial charge in [-0.3, -0.25) is 4.79 Å². The van der Waals surface area contributed by atoms with Gasteiger partial charge in [-0.1, -0.05) is 6.07 Å². The normalized spacial score (nSPS) is 22.6. The maximum atomic E-state index is 13.0. The molecular formula is C15H21FN2O2. The highest BCUT2D eigenvalue weighted by Gasteiger charge is 2.29. The van der Waals surface area contributed by atoms with Crippen LogP contribution in [0.2, 0.25) is 0 Å². The van der Waals surface area contributed by atoms with Crippen molar-refractivity contribution in [2.45, 2.75) is 31.8 Å². The SMILES string of the molecule is Cc1cc(F)ccc1CC(=O)NC[C@@]1(O)CCCNC1. The summed E-state index contributed by atoms with van der Waals surface area (Å²) < 4.78 is 13.0. The van der Waals surface area contributed by atoms with Gasteiger partial charge in [0.15, 0.2) is 0 Å². The molecule has 0 unspecified atom stereocenters. The molecule has 1 atom stereocenters. The molecule has 110 valence electrons. The molecule has 1 heterocycles. The first-order chi connectivity index (χ1) is 9.48. The van der Waals surface area contributed by atoms with E-state index in [4.69, 9.17) is 0 Å². The van der Waals surface area contributed by atoms with Crippen LogP contribution in [0.1, 0.15) is 24.0 Å². The molecule has 1 aromatic carbocycles. The van der Waals surface area contributed by atoms with E-state index in [9.17, 15) is 14.3 Å². The molecule has 4 nitrogen and oxygen atoms in total. The molecule has 3 N–H and O–H groups in total. The van der Waals surface area contributed by atoms with E-state index in [-0.39, 0.29) is 24.7 Å². The average Bonchev–Trinajstić information content (AvgIpc) is 2.41. The van der Waals surface area contributed by atoms with E-state index >= 15 is 0 Å². The minimum Gasteiger partial charge on any atom is -0.387 e. The minimum absolute atomic E-state index is 0.154. The molecular weight excluding hydrogens is 259 g/mol. The fourth-order valence-electron chi connectivity index (χ4n) is 2.46. The number of piperidine rings is 1. The van der Waals surface area contributed by atoms with Crippen LogP contribution >= 0.6 is 0 Å². The molecule has 1 amide bonds. The van der Waals surface area contributed by atoms with Gasteiger partial charge in [0.25, 0.3) is 0 Å². The first-order valence-corrected chi connectivity index (χ1v) is 6.93. The third kappa shape index (κ3) is 4.02. The Hall–Kier alpha value is -1.46. The number of hydrogen-bond donors (Lipinski definition) is 3. The Morgan fingerprint density at radius 3 is 3.00 bits per heavy atom. The number of carbonyl (C=O) groups is 1. The Morgan fingerprint density at radius 2 is 2.35 bits per heavy atom. The van der Waals surface area contributed by atoms with Crippen LogP contribution in [0.4, 0.5) is 4.39 Å². The van der Waals surface area contributed by atoms with Gasteiger partial charge in [-0.25, -0.2) is 4.39 Å². The van der Waals surface area contributed by atoms with Gasteiger partial charge in [0.2, 0.25) is 5.91 Å². The van der Waals surface area contributed by atoms with E-state index in [2.05, 4.69) is 10.6 Å². The molecule has 0 aliphatic carbocycles. The maximum Gasteiger partial charge on any atom is 0.224 e. The summed E-state index contributed by atoms with van der Waals surface area (Å²) in [4.78, 5) is 11.9. The molecule has 0 bridgehead atoms. The number of benzene rings is 1. The summed E-state index contributed by atoms with van der Waals surface area (Å²) in [5.41, 5.74) is 0.710. The van der Waals surface area contributed by atoms with Gasteiger partial charge < -0.3 is 15.7 Å². The molecule has 1 saturated heterocycles. The monoisotopic (exact) mass is 280 g/mol. The summed E-state index contributed by atoms with van der Waals surface area (Å²) in [6, 6.07) is 4.40. The number of hydrogen-bond acceptors (Lipinski definition) is 3. The molecule has 0 saturated carbocycles. The zero-order valence-electron chi connectivity index (χ0n) is 11.7. The lowest BCUT2D eigenvalue weighted by Gasteiger charge is -2.32. The van der Waals surface area contributed by atoms with Crippen molar-refractivity contribution in [3.63, 3.8) is 0 Å². The fourth-order valence-corrected chi connectivity index (χ4v) is 2.46. The van der Waals surface area contributed by atoms with Crippen LogP contribution in [0, 0.1) is 12.7 Å². The van der Waals surface area contributed by atoms with E-state index in [1.54, 1.807) is 13.0 Å². The van der Waals surface area contributed by atoms with Crippen molar-refractivity contribution in [2.24, 2.45) is 0 Å². The van der Waals surface area contributed by atoms with Crippen molar-refractivity contribution in [1.29, 1.82) is 0 Å². The standard InChI is InChI=1S/C15H21FN2O2/c1-11-7-13(16)4-3-12(11)8-14(19)18-10-15(20)5-2-6-17-9-15/h3-4,7,17,20H,2,5-6,8-10H2,1H3,(H,18,19)/t15-/m1/s1. The van der Waals surface area contributed by atoms with Crippen LogP contribution < -0.4 is 10.6 Å². The van der Waals surface area contributed by atoms with Crippen molar-refractivity contribution in [3.8, 4) is 0 Å². The quantitative estimate of drug-likeness (QED) is 0.768. The van der Waals surface area contributed by atoms with Gasteiger partial charge in [0.05, 0.1) is 12.0 Å². The number of nitrogens with one attached hydrogen (secondary N) is 2. The number of amides is 1. The number of carbonyl (C=O) groups excluding carboxylic acids is 1. The maximum absolute atomic E-state index is 13.0. The number of aliphatic hydroxyl groups is 1. The molecule has 1 fully saturated rings. The van der Waals surface area contributed by atoms with Crippen molar-refractivity contribution in [2.75, 3.05) is 19.6 Å². The van der Waals surface area contributed by atoms with Crippen molar-refractivity contribution in [1.82, 2.24) is 10.6 Å². The number of aryl methyl sites for hydroxylation is 1. The molecule has 1 aromatic rings. The van der Waals surface area contributed by atoms with Crippen molar-refractivity contribution in [3.05, 3.63) is 35.1 Å². The van der Waals surface area contributed by atoms with Crippen LogP contribution in [0.3, 0.4) is 0 Å². The van der Waals surface area contributed by atoms with Gasteiger partial charge in [-0.15, -0.1) is 0 Å². The Morgan fingerprint density at radius 1 is 1.55 bits per heavy atom. The summed E-state index contributed by atoms with van der Waals surface area (Å²) in [7, 11) is 0. The molecule has 1 aliphatic rings. The number of β-amino-alcohol motifs (C(OH)–C–C–N with tert-alkyl or cyclic N) is 1. The number of rotatable bonds is 4. The van der Waals surface area contributed by atoms with Gasteiger partial charge in [-0.05, 0) is 49.6 Å². The van der Waals surface area contributed by atoms with E-state index in [1.165, 1.54) is 12.1 Å². The minimum atomic E-state index is -0.855. The second-order valence-electron chi connectivity index (χ2n) is 5.53. The average molecular weight is 280 g/mol. The van der Waals surface area contributed by atoms with Crippen LogP contribution in [-0.2, 0) is 11.2 Å². The summed E-state index contributed by atoms with van der Waals surface area (Å²) in [6.45, 7) is 3.44. The highest BCUT2D eigenvalue weighted by molar-refractivity contribution is 5.79. The molecule has 2 rings (SSSR count). The Kier molecular flexibility index (Phi) is 4.73. The van der Waals surface area contributed by atoms with E-state index in [1.807, 2.05) is 0 Å². The Labute approximate surface area is 118 Å². The molecule has 0 aromatic heterocycles. The lowest BCUT2D eigenvalue weighted by molar-refractivity contribution is -0.121. The van der Waals surface area contributed by atoms with Crippen molar-refractivity contribution >= 4 is 5.91 Å². The predicted molar refractivity (Wildman–Crippen MR) is 74.9 cm³/mol. The van der Waals surface area contributed by atoms with Crippen LogP contribution in [0.5, 0.6) is 0 Å². The van der Waals surface area contributed by atoms with Crippen molar-refractivity contribution < 1.29 is 14.3 Å². The predicted octanol–water partition coefficient (Wildman–Crippen LogP) is 0.907. The first-order valence-electron chi connectivity index (χ1n) is 6.93. The van der Waals surface area contributed by atoms with Crippen LogP contribution in [0.25, 0.3) is 0 Å². The Balaban J connectivity index is 1.86. The third-order valence-corrected chi connectivity index (χ3v) is 3.72. The van der Waals surface area contributed by atoms with E-state index in [0.717, 1.165) is 24.1 Å². The second kappa shape index (κ2) is 6.33. The van der Waals surface area contributed by atoms with Crippen LogP contribution in [0.15, 0.2) is 18.2 Å². The third-order valence-electron chi connectivity index (χ3n) is 3.72. The first kappa shape index (κ1) is 14.9. The fraction of sp³-hybridized carbons (Fsp3) is 0.533. The summed E-state index contributed by atoms with van der Waals surface area (Å²) >= 11 is 0. The smallest absolute Gasteiger partial charge is 0.224 e. The number of halogens is 1. The lowest BCUT2D eigenvalue weighted by Crippen LogP contribution is -2.53. The zero-order valence-corrected chi connectivity index (χ0v) is 11.7. The van der Waals surface area contributed by atoms with Gasteiger partial charge in [-0.2, -0.15) is 0 Å². The Bertz CT molecular complexity index is 485. The molecule has 1 aliphatic heterocycles. The molecule has 0 radical (unpaired) electrons. The highest BCUT2D eigenvalue weighted by Crippen LogP contribution is 2.15. The summed E-state index contributed by atoms with van der Waals surface area (Å²) in [5.74, 6) is -0.451. The zero-order chi connectivity index (χ0) is 14.6. The largest absolute Gasteiger partial charge is 0.387 e. The van der Waals surface area contributed by atoms with Gasteiger partial charge in [0.1, 0.15) is 5.82 Å². The summed E-state index contributed by atoms with van der Waals surface area (Å²) in [5, 5.41) is 16.1. The highest BCUT2D eigenvalue weighted by atomic mass is 19.1. The lowest BCUT2D eigenvalue weighted by atomic mass is 9.94. The van der Waals surface area contributed by atoms with Gasteiger partial charge >= 0.3 is 0 Å². The van der Waals surface area contributed by atoms with E-state index in [0.29, 0.717) is 13.0 Å². The summed E-state index contributed by atoms with van der Waals surface area (Å²) in [6.07, 6.45) is 1.80. The molecule has 5 heteroatoms. The molecule has 20 heavy (non-hydrogen) atoms.